The molecule has 0 radical (unpaired) electrons. The van der Waals surface area contributed by atoms with Gasteiger partial charge in [0.25, 0.3) is 0 Å². The lowest BCUT2D eigenvalue weighted by molar-refractivity contribution is 0.558. The molecule has 0 spiro atoms. The number of aryl methyl sites for hydroxylation is 1. The molecule has 1 aromatic carbocycles. The Bertz CT molecular complexity index is 388. The van der Waals surface area contributed by atoms with E-state index >= 15 is 0 Å². The van der Waals surface area contributed by atoms with Gasteiger partial charge in [0.1, 0.15) is 0 Å². The molecule has 0 bridgehead atoms. The van der Waals surface area contributed by atoms with Gasteiger partial charge in [0.05, 0.1) is 0 Å². The summed E-state index contributed by atoms with van der Waals surface area (Å²) in [4.78, 5) is 0. The highest BCUT2D eigenvalue weighted by Gasteiger charge is 2.04. The minimum atomic E-state index is 0.588. The van der Waals surface area contributed by atoms with Gasteiger partial charge in [0.15, 0.2) is 0 Å². The maximum Gasteiger partial charge on any atom is 0.0170 e. The molecule has 1 nitrogen and oxygen atoms in total. The Morgan fingerprint density at radius 1 is 1.22 bits per heavy atom. The maximum atomic E-state index is 3.53. The molecular formula is C17H27N. The molecule has 0 aromatic heterocycles. The van der Waals surface area contributed by atoms with E-state index in [4.69, 9.17) is 0 Å². The average Bonchev–Trinajstić information content (AvgIpc) is 2.27. The number of rotatable bonds is 6. The number of benzene rings is 1. The first-order valence-corrected chi connectivity index (χ1v) is 6.97. The van der Waals surface area contributed by atoms with Crippen molar-refractivity contribution < 1.29 is 0 Å². The molecule has 0 saturated heterocycles. The van der Waals surface area contributed by atoms with Crippen LogP contribution in [0.25, 0.3) is 6.08 Å². The largest absolute Gasteiger partial charge is 0.313 e. The van der Waals surface area contributed by atoms with Crippen LogP contribution >= 0.6 is 0 Å². The second-order valence-corrected chi connectivity index (χ2v) is 5.81. The Balaban J connectivity index is 2.72. The summed E-state index contributed by atoms with van der Waals surface area (Å²) < 4.78 is 0. The summed E-state index contributed by atoms with van der Waals surface area (Å²) >= 11 is 0. The van der Waals surface area contributed by atoms with E-state index in [1.165, 1.54) is 16.7 Å². The van der Waals surface area contributed by atoms with Crippen LogP contribution in [-0.4, -0.2) is 13.1 Å². The van der Waals surface area contributed by atoms with Crippen LogP contribution in [0, 0.1) is 18.8 Å². The fourth-order valence-corrected chi connectivity index (χ4v) is 1.90. The van der Waals surface area contributed by atoms with Crippen LogP contribution in [-0.2, 0) is 0 Å². The summed E-state index contributed by atoms with van der Waals surface area (Å²) in [5.74, 6) is 1.29. The first-order valence-electron chi connectivity index (χ1n) is 6.97. The monoisotopic (exact) mass is 245 g/mol. The van der Waals surface area contributed by atoms with Crippen molar-refractivity contribution in [2.24, 2.45) is 11.8 Å². The third-order valence-corrected chi connectivity index (χ3v) is 3.02. The van der Waals surface area contributed by atoms with Gasteiger partial charge in [0.2, 0.25) is 0 Å². The van der Waals surface area contributed by atoms with Crippen molar-refractivity contribution in [2.75, 3.05) is 13.1 Å². The van der Waals surface area contributed by atoms with Crippen LogP contribution in [0.3, 0.4) is 0 Å². The van der Waals surface area contributed by atoms with E-state index < -0.39 is 0 Å². The van der Waals surface area contributed by atoms with Crippen LogP contribution < -0.4 is 5.32 Å². The van der Waals surface area contributed by atoms with Gasteiger partial charge in [-0.05, 0) is 30.9 Å². The molecule has 0 unspecified atom stereocenters. The van der Waals surface area contributed by atoms with E-state index in [0.29, 0.717) is 11.8 Å². The van der Waals surface area contributed by atoms with E-state index in [9.17, 15) is 0 Å². The second kappa shape index (κ2) is 7.38. The molecule has 1 heteroatoms. The van der Waals surface area contributed by atoms with Crippen molar-refractivity contribution in [2.45, 2.75) is 34.6 Å². The molecule has 0 amide bonds. The molecule has 0 aliphatic heterocycles. The fourth-order valence-electron chi connectivity index (χ4n) is 1.90. The van der Waals surface area contributed by atoms with Crippen molar-refractivity contribution in [3.8, 4) is 0 Å². The third kappa shape index (κ3) is 5.50. The molecule has 0 saturated carbocycles. The van der Waals surface area contributed by atoms with Gasteiger partial charge in [-0.1, -0.05) is 69.2 Å². The molecule has 0 atom stereocenters. The normalized spacial score (nSPS) is 12.5. The van der Waals surface area contributed by atoms with Crippen LogP contribution in [0.4, 0.5) is 0 Å². The van der Waals surface area contributed by atoms with E-state index in [1.54, 1.807) is 0 Å². The third-order valence-electron chi connectivity index (χ3n) is 3.02. The van der Waals surface area contributed by atoms with Crippen LogP contribution in [0.15, 0.2) is 29.8 Å². The van der Waals surface area contributed by atoms with Gasteiger partial charge in [-0.3, -0.25) is 0 Å². The summed E-state index contributed by atoms with van der Waals surface area (Å²) in [6, 6.07) is 8.69. The summed E-state index contributed by atoms with van der Waals surface area (Å²) in [6.07, 6.45) is 2.32. The van der Waals surface area contributed by atoms with Crippen LogP contribution in [0.1, 0.15) is 38.8 Å². The average molecular weight is 245 g/mol. The van der Waals surface area contributed by atoms with Gasteiger partial charge < -0.3 is 5.32 Å². The minimum Gasteiger partial charge on any atom is -0.313 e. The Kier molecular flexibility index (Phi) is 6.14. The summed E-state index contributed by atoms with van der Waals surface area (Å²) in [7, 11) is 0. The van der Waals surface area contributed by atoms with Gasteiger partial charge >= 0.3 is 0 Å². The lowest BCUT2D eigenvalue weighted by atomic mass is 9.99. The number of hydrogen-bond donors (Lipinski definition) is 1. The first-order chi connectivity index (χ1) is 8.49. The minimum absolute atomic E-state index is 0.588. The van der Waals surface area contributed by atoms with Crippen molar-refractivity contribution in [3.05, 3.63) is 41.0 Å². The van der Waals surface area contributed by atoms with Gasteiger partial charge in [-0.25, -0.2) is 0 Å². The summed E-state index contributed by atoms with van der Waals surface area (Å²) in [5.41, 5.74) is 4.10. The first kappa shape index (κ1) is 15.0. The van der Waals surface area contributed by atoms with Crippen LogP contribution in [0.2, 0.25) is 0 Å². The van der Waals surface area contributed by atoms with Gasteiger partial charge in [0, 0.05) is 6.54 Å². The molecule has 0 aliphatic carbocycles. The smallest absolute Gasteiger partial charge is 0.0170 e. The second-order valence-electron chi connectivity index (χ2n) is 5.81. The standard InChI is InChI=1S/C17H27N/c1-13(2)11-18-12-17(14(3)4)10-16-8-6-7-15(5)9-16/h6-10,13-14,18H,11-12H2,1-5H3. The molecule has 0 heterocycles. The quantitative estimate of drug-likeness (QED) is 0.789. The topological polar surface area (TPSA) is 12.0 Å². The molecule has 1 N–H and O–H groups in total. The molecule has 0 fully saturated rings. The lowest BCUT2D eigenvalue weighted by Gasteiger charge is -2.14. The van der Waals surface area contributed by atoms with Crippen molar-refractivity contribution in [1.29, 1.82) is 0 Å². The highest BCUT2D eigenvalue weighted by atomic mass is 14.9. The van der Waals surface area contributed by atoms with Crippen molar-refractivity contribution in [1.82, 2.24) is 5.32 Å². The zero-order chi connectivity index (χ0) is 13.5. The predicted molar refractivity (Wildman–Crippen MR) is 81.7 cm³/mol. The molecule has 1 rings (SSSR count). The molecule has 0 aliphatic rings. The highest BCUT2D eigenvalue weighted by Crippen LogP contribution is 2.15. The van der Waals surface area contributed by atoms with Gasteiger partial charge in [-0.15, -0.1) is 0 Å². The zero-order valence-electron chi connectivity index (χ0n) is 12.5. The van der Waals surface area contributed by atoms with Crippen molar-refractivity contribution >= 4 is 6.08 Å². The molecular weight excluding hydrogens is 218 g/mol. The maximum absolute atomic E-state index is 3.53. The Morgan fingerprint density at radius 2 is 1.94 bits per heavy atom. The van der Waals surface area contributed by atoms with E-state index in [-0.39, 0.29) is 0 Å². The Morgan fingerprint density at radius 3 is 2.50 bits per heavy atom. The highest BCUT2D eigenvalue weighted by molar-refractivity contribution is 5.54. The van der Waals surface area contributed by atoms with Gasteiger partial charge in [-0.2, -0.15) is 0 Å². The summed E-state index contributed by atoms with van der Waals surface area (Å²) in [5, 5.41) is 3.53. The zero-order valence-corrected chi connectivity index (χ0v) is 12.5. The van der Waals surface area contributed by atoms with Crippen LogP contribution in [0.5, 0.6) is 0 Å². The lowest BCUT2D eigenvalue weighted by Crippen LogP contribution is -2.23. The van der Waals surface area contributed by atoms with Crippen molar-refractivity contribution in [3.63, 3.8) is 0 Å². The summed E-state index contributed by atoms with van der Waals surface area (Å²) in [6.45, 7) is 13.2. The molecule has 1 aromatic rings. The fraction of sp³-hybridized carbons (Fsp3) is 0.529. The number of hydrogen-bond acceptors (Lipinski definition) is 1. The van der Waals surface area contributed by atoms with E-state index in [1.807, 2.05) is 0 Å². The SMILES string of the molecule is Cc1cccc(C=C(CNCC(C)C)C(C)C)c1. The van der Waals surface area contributed by atoms with E-state index in [0.717, 1.165) is 13.1 Å². The number of nitrogens with one attached hydrogen (secondary N) is 1. The predicted octanol–water partition coefficient (Wildman–Crippen LogP) is 4.28. The van der Waals surface area contributed by atoms with E-state index in [2.05, 4.69) is 70.3 Å². The Hall–Kier alpha value is -1.08. The molecule has 100 valence electrons. The molecule has 18 heavy (non-hydrogen) atoms. The Labute approximate surface area is 112 Å².